The lowest BCUT2D eigenvalue weighted by Gasteiger charge is -2.07. The summed E-state index contributed by atoms with van der Waals surface area (Å²) < 4.78 is 26.5. The number of hydrogen-bond acceptors (Lipinski definition) is 4. The summed E-state index contributed by atoms with van der Waals surface area (Å²) >= 11 is 0. The highest BCUT2D eigenvalue weighted by molar-refractivity contribution is 7.89. The van der Waals surface area contributed by atoms with Gasteiger partial charge in [-0.3, -0.25) is 0 Å². The maximum absolute atomic E-state index is 11.1. The van der Waals surface area contributed by atoms with Crippen LogP contribution in [0.3, 0.4) is 0 Å². The Morgan fingerprint density at radius 1 is 1.50 bits per heavy atom. The smallest absolute Gasteiger partial charge is 0.212 e. The summed E-state index contributed by atoms with van der Waals surface area (Å²) in [5.41, 5.74) is 1.06. The quantitative estimate of drug-likeness (QED) is 0.638. The minimum absolute atomic E-state index is 0.0871. The zero-order valence-corrected chi connectivity index (χ0v) is 10.4. The molecule has 0 radical (unpaired) electrons. The predicted molar refractivity (Wildman–Crippen MR) is 62.5 cm³/mol. The first kappa shape index (κ1) is 13.1. The highest BCUT2D eigenvalue weighted by atomic mass is 32.2. The summed E-state index contributed by atoms with van der Waals surface area (Å²) in [7, 11) is -1.69. The average Bonchev–Trinajstić information content (AvgIpc) is 2.72. The summed E-state index contributed by atoms with van der Waals surface area (Å²) in [4.78, 5) is 4.03. The topological polar surface area (TPSA) is 76.0 Å². The first-order valence-electron chi connectivity index (χ1n) is 5.20. The maximum Gasteiger partial charge on any atom is 0.212 e. The van der Waals surface area contributed by atoms with Crippen molar-refractivity contribution in [2.75, 3.05) is 19.3 Å². The lowest BCUT2D eigenvalue weighted by Crippen LogP contribution is -2.29. The second-order valence-corrected chi connectivity index (χ2v) is 5.42. The van der Waals surface area contributed by atoms with Gasteiger partial charge in [-0.25, -0.2) is 18.1 Å². The Morgan fingerprint density at radius 2 is 2.25 bits per heavy atom. The third kappa shape index (κ3) is 3.92. The summed E-state index contributed by atoms with van der Waals surface area (Å²) in [6.07, 6.45) is 3.55. The SMILES string of the molecule is CCn1cncc1CNCCS(=O)(=O)NC. The molecule has 1 heterocycles. The summed E-state index contributed by atoms with van der Waals surface area (Å²) in [6.45, 7) is 3.97. The van der Waals surface area contributed by atoms with Crippen LogP contribution in [0.25, 0.3) is 0 Å². The molecule has 0 aliphatic carbocycles. The molecule has 0 unspecified atom stereocenters. The fourth-order valence-electron chi connectivity index (χ4n) is 1.31. The third-order valence-corrected chi connectivity index (χ3v) is 3.67. The number of sulfonamides is 1. The predicted octanol–water partition coefficient (Wildman–Crippen LogP) is -0.458. The Hall–Kier alpha value is -0.920. The summed E-state index contributed by atoms with van der Waals surface area (Å²) in [5.74, 6) is 0.0871. The first-order chi connectivity index (χ1) is 7.59. The van der Waals surface area contributed by atoms with E-state index in [4.69, 9.17) is 0 Å². The molecule has 16 heavy (non-hydrogen) atoms. The minimum Gasteiger partial charge on any atom is -0.334 e. The van der Waals surface area contributed by atoms with E-state index in [1.54, 1.807) is 12.5 Å². The molecule has 0 aromatic carbocycles. The van der Waals surface area contributed by atoms with Gasteiger partial charge in [-0.1, -0.05) is 0 Å². The van der Waals surface area contributed by atoms with Crippen LogP contribution in [-0.4, -0.2) is 37.3 Å². The van der Waals surface area contributed by atoms with Crippen LogP contribution in [0.2, 0.25) is 0 Å². The van der Waals surface area contributed by atoms with Crippen LogP contribution in [0.4, 0.5) is 0 Å². The fraction of sp³-hybridized carbons (Fsp3) is 0.667. The molecular formula is C9H18N4O2S. The van der Waals surface area contributed by atoms with E-state index in [0.29, 0.717) is 13.1 Å². The van der Waals surface area contributed by atoms with Gasteiger partial charge < -0.3 is 9.88 Å². The van der Waals surface area contributed by atoms with Gasteiger partial charge in [-0.05, 0) is 14.0 Å². The second kappa shape index (κ2) is 5.97. The van der Waals surface area contributed by atoms with E-state index < -0.39 is 10.0 Å². The standard InChI is InChI=1S/C9H18N4O2S/c1-3-13-8-12-7-9(13)6-11-4-5-16(14,15)10-2/h7-8,10-11H,3-6H2,1-2H3. The molecule has 1 aromatic rings. The Bertz CT molecular complexity index is 413. The third-order valence-electron chi connectivity index (χ3n) is 2.30. The normalized spacial score (nSPS) is 11.9. The molecule has 0 bridgehead atoms. The van der Waals surface area contributed by atoms with Crippen molar-refractivity contribution >= 4 is 10.0 Å². The van der Waals surface area contributed by atoms with Crippen molar-refractivity contribution in [3.8, 4) is 0 Å². The Kier molecular flexibility index (Phi) is 4.91. The molecule has 6 nitrogen and oxygen atoms in total. The monoisotopic (exact) mass is 246 g/mol. The van der Waals surface area contributed by atoms with Gasteiger partial charge in [0.1, 0.15) is 0 Å². The van der Waals surface area contributed by atoms with Crippen molar-refractivity contribution in [3.63, 3.8) is 0 Å². The molecule has 0 aliphatic heterocycles. The lowest BCUT2D eigenvalue weighted by molar-refractivity contribution is 0.580. The van der Waals surface area contributed by atoms with Crippen molar-refractivity contribution in [1.29, 1.82) is 0 Å². The van der Waals surface area contributed by atoms with Gasteiger partial charge in [0.15, 0.2) is 0 Å². The number of nitrogens with one attached hydrogen (secondary N) is 2. The molecule has 2 N–H and O–H groups in total. The van der Waals surface area contributed by atoms with Crippen LogP contribution >= 0.6 is 0 Å². The van der Waals surface area contributed by atoms with Crippen LogP contribution in [-0.2, 0) is 23.1 Å². The van der Waals surface area contributed by atoms with Crippen LogP contribution in [0.5, 0.6) is 0 Å². The van der Waals surface area contributed by atoms with Crippen molar-refractivity contribution in [3.05, 3.63) is 18.2 Å². The zero-order chi connectivity index (χ0) is 12.0. The van der Waals surface area contributed by atoms with Crippen LogP contribution in [0.1, 0.15) is 12.6 Å². The summed E-state index contributed by atoms with van der Waals surface area (Å²) in [6, 6.07) is 0. The summed E-state index contributed by atoms with van der Waals surface area (Å²) in [5, 5.41) is 3.07. The molecule has 0 aliphatic rings. The molecule has 7 heteroatoms. The number of nitrogens with zero attached hydrogens (tertiary/aromatic N) is 2. The van der Waals surface area contributed by atoms with E-state index in [9.17, 15) is 8.42 Å². The Labute approximate surface area is 96.1 Å². The van der Waals surface area contributed by atoms with Crippen molar-refractivity contribution in [1.82, 2.24) is 19.6 Å². The van der Waals surface area contributed by atoms with Gasteiger partial charge in [0.25, 0.3) is 0 Å². The Morgan fingerprint density at radius 3 is 2.88 bits per heavy atom. The molecule has 1 aromatic heterocycles. The van der Waals surface area contributed by atoms with E-state index in [2.05, 4.69) is 15.0 Å². The first-order valence-corrected chi connectivity index (χ1v) is 6.85. The van der Waals surface area contributed by atoms with Gasteiger partial charge in [-0.15, -0.1) is 0 Å². The van der Waals surface area contributed by atoms with Crippen molar-refractivity contribution in [2.45, 2.75) is 20.0 Å². The molecule has 92 valence electrons. The molecule has 0 spiro atoms. The van der Waals surface area contributed by atoms with E-state index in [-0.39, 0.29) is 5.75 Å². The highest BCUT2D eigenvalue weighted by Gasteiger charge is 2.06. The van der Waals surface area contributed by atoms with Gasteiger partial charge in [0.05, 0.1) is 17.8 Å². The van der Waals surface area contributed by atoms with Crippen molar-refractivity contribution < 1.29 is 8.42 Å². The molecule has 0 saturated carbocycles. The second-order valence-electron chi connectivity index (χ2n) is 3.37. The van der Waals surface area contributed by atoms with E-state index in [0.717, 1.165) is 12.2 Å². The molecule has 0 atom stereocenters. The lowest BCUT2D eigenvalue weighted by atomic mass is 10.4. The van der Waals surface area contributed by atoms with E-state index in [1.165, 1.54) is 7.05 Å². The minimum atomic E-state index is -3.11. The number of imidazole rings is 1. The van der Waals surface area contributed by atoms with E-state index >= 15 is 0 Å². The number of aromatic nitrogens is 2. The van der Waals surface area contributed by atoms with Crippen LogP contribution in [0.15, 0.2) is 12.5 Å². The number of rotatable bonds is 7. The largest absolute Gasteiger partial charge is 0.334 e. The Balaban J connectivity index is 2.31. The fourth-order valence-corrected chi connectivity index (χ4v) is 1.92. The van der Waals surface area contributed by atoms with Crippen LogP contribution in [0, 0.1) is 0 Å². The van der Waals surface area contributed by atoms with Gasteiger partial charge >= 0.3 is 0 Å². The molecule has 0 amide bonds. The van der Waals surface area contributed by atoms with Crippen molar-refractivity contribution in [2.24, 2.45) is 0 Å². The number of aryl methyl sites for hydroxylation is 1. The average molecular weight is 246 g/mol. The van der Waals surface area contributed by atoms with E-state index in [1.807, 2.05) is 11.5 Å². The van der Waals surface area contributed by atoms with Gasteiger partial charge in [0, 0.05) is 25.8 Å². The number of hydrogen-bond donors (Lipinski definition) is 2. The molecule has 1 rings (SSSR count). The van der Waals surface area contributed by atoms with Gasteiger partial charge in [0.2, 0.25) is 10.0 Å². The van der Waals surface area contributed by atoms with Crippen LogP contribution < -0.4 is 10.0 Å². The molecule has 0 fully saturated rings. The van der Waals surface area contributed by atoms with Gasteiger partial charge in [-0.2, -0.15) is 0 Å². The maximum atomic E-state index is 11.1. The highest BCUT2D eigenvalue weighted by Crippen LogP contribution is 1.97. The molecule has 0 saturated heterocycles. The molecular weight excluding hydrogens is 228 g/mol. The zero-order valence-electron chi connectivity index (χ0n) is 9.60.